The van der Waals surface area contributed by atoms with Crippen LogP contribution in [-0.2, 0) is 4.74 Å². The molecular weight excluding hydrogens is 212 g/mol. The van der Waals surface area contributed by atoms with E-state index in [4.69, 9.17) is 4.74 Å². The van der Waals surface area contributed by atoms with Crippen molar-refractivity contribution in [2.45, 2.75) is 58.3 Å². The minimum absolute atomic E-state index is 0.125. The topological polar surface area (TPSA) is 29.5 Å². The maximum Gasteiger partial charge on any atom is 0.209 e. The average Bonchev–Trinajstić information content (AvgIpc) is 2.65. The maximum atomic E-state index is 10.7. The molecule has 0 amide bonds. The van der Waals surface area contributed by atoms with Gasteiger partial charge in [-0.1, -0.05) is 18.1 Å². The summed E-state index contributed by atoms with van der Waals surface area (Å²) >= 11 is 0. The summed E-state index contributed by atoms with van der Waals surface area (Å²) in [5.41, 5.74) is 3.49. The third kappa shape index (κ3) is 1.28. The average molecular weight is 234 g/mol. The zero-order valence-corrected chi connectivity index (χ0v) is 11.2. The van der Waals surface area contributed by atoms with Gasteiger partial charge in [-0.25, -0.2) is 0 Å². The van der Waals surface area contributed by atoms with Gasteiger partial charge in [-0.15, -0.1) is 0 Å². The second-order valence-corrected chi connectivity index (χ2v) is 6.33. The molecule has 2 bridgehead atoms. The summed E-state index contributed by atoms with van der Waals surface area (Å²) in [6.07, 6.45) is 5.27. The summed E-state index contributed by atoms with van der Waals surface area (Å²) in [4.78, 5) is 0. The number of fused-ring (bicyclic) bond motifs is 1. The van der Waals surface area contributed by atoms with Gasteiger partial charge in [-0.2, -0.15) is 0 Å². The van der Waals surface area contributed by atoms with Crippen molar-refractivity contribution in [3.63, 3.8) is 0 Å². The summed E-state index contributed by atoms with van der Waals surface area (Å²) in [5, 5.41) is 10.7. The van der Waals surface area contributed by atoms with E-state index in [1.54, 1.807) is 0 Å². The van der Waals surface area contributed by atoms with Crippen molar-refractivity contribution in [3.05, 3.63) is 22.8 Å². The fourth-order valence-electron chi connectivity index (χ4n) is 4.18. The minimum Gasteiger partial charge on any atom is -0.359 e. The number of hydrogen-bond acceptors (Lipinski definition) is 2. The summed E-state index contributed by atoms with van der Waals surface area (Å²) in [7, 11) is 0. The molecule has 3 aliphatic rings. The smallest absolute Gasteiger partial charge is 0.209 e. The lowest BCUT2D eigenvalue weighted by Gasteiger charge is -2.40. The van der Waals surface area contributed by atoms with E-state index in [-0.39, 0.29) is 5.60 Å². The molecule has 1 aliphatic carbocycles. The second-order valence-electron chi connectivity index (χ2n) is 6.33. The first kappa shape index (κ1) is 11.5. The van der Waals surface area contributed by atoms with Gasteiger partial charge < -0.3 is 9.84 Å². The fraction of sp³-hybridized carbons (Fsp3) is 0.733. The molecule has 1 saturated carbocycles. The highest BCUT2D eigenvalue weighted by Crippen LogP contribution is 2.60. The minimum atomic E-state index is -1.11. The van der Waals surface area contributed by atoms with Crippen molar-refractivity contribution in [1.29, 1.82) is 0 Å². The standard InChI is InChI=1S/C15H22O2/c1-9(2)13-8-14-11(4)5-6-12(14)10(3)7-15(13,16)17-14/h7,11-12,16H,5-6,8H2,1-4H3/t11-,12-,14+,15-/m1/s1. The Bertz CT molecular complexity index is 430. The van der Waals surface area contributed by atoms with Gasteiger partial charge in [0.1, 0.15) is 0 Å². The third-order valence-electron chi connectivity index (χ3n) is 5.12. The van der Waals surface area contributed by atoms with E-state index >= 15 is 0 Å². The Hall–Kier alpha value is -0.600. The van der Waals surface area contributed by atoms with E-state index in [0.29, 0.717) is 11.8 Å². The highest BCUT2D eigenvalue weighted by atomic mass is 16.6. The van der Waals surface area contributed by atoms with Crippen LogP contribution in [0.2, 0.25) is 0 Å². The lowest BCUT2D eigenvalue weighted by Crippen LogP contribution is -2.45. The van der Waals surface area contributed by atoms with Gasteiger partial charge in [0.15, 0.2) is 0 Å². The second kappa shape index (κ2) is 3.24. The Labute approximate surface area is 103 Å². The highest BCUT2D eigenvalue weighted by Gasteiger charge is 2.62. The van der Waals surface area contributed by atoms with E-state index in [1.165, 1.54) is 24.0 Å². The Morgan fingerprint density at radius 2 is 2.12 bits per heavy atom. The summed E-state index contributed by atoms with van der Waals surface area (Å²) in [5.74, 6) is -0.0629. The van der Waals surface area contributed by atoms with Crippen LogP contribution in [0.1, 0.15) is 47.0 Å². The molecule has 1 spiro atoms. The molecule has 3 rings (SSSR count). The van der Waals surface area contributed by atoms with Crippen molar-refractivity contribution in [2.24, 2.45) is 11.8 Å². The molecule has 0 aromatic carbocycles. The predicted octanol–water partition coefficient (Wildman–Crippen LogP) is 3.18. The Morgan fingerprint density at radius 1 is 1.41 bits per heavy atom. The molecule has 0 radical (unpaired) electrons. The largest absolute Gasteiger partial charge is 0.359 e. The first-order valence-electron chi connectivity index (χ1n) is 6.68. The van der Waals surface area contributed by atoms with Gasteiger partial charge in [0.05, 0.1) is 5.60 Å². The molecule has 2 fully saturated rings. The van der Waals surface area contributed by atoms with E-state index < -0.39 is 5.79 Å². The zero-order valence-electron chi connectivity index (χ0n) is 11.2. The van der Waals surface area contributed by atoms with Crippen molar-refractivity contribution in [3.8, 4) is 0 Å². The Balaban J connectivity index is 2.18. The van der Waals surface area contributed by atoms with Crippen LogP contribution in [-0.4, -0.2) is 16.5 Å². The molecule has 2 aliphatic heterocycles. The molecule has 0 aromatic heterocycles. The first-order valence-corrected chi connectivity index (χ1v) is 6.68. The predicted molar refractivity (Wildman–Crippen MR) is 67.4 cm³/mol. The van der Waals surface area contributed by atoms with Crippen molar-refractivity contribution < 1.29 is 9.84 Å². The van der Waals surface area contributed by atoms with Gasteiger partial charge in [0.25, 0.3) is 0 Å². The van der Waals surface area contributed by atoms with Crippen LogP contribution in [0, 0.1) is 11.8 Å². The first-order chi connectivity index (χ1) is 7.89. The monoisotopic (exact) mass is 234 g/mol. The Kier molecular flexibility index (Phi) is 2.19. The maximum absolute atomic E-state index is 10.7. The molecule has 0 aromatic rings. The van der Waals surface area contributed by atoms with Crippen molar-refractivity contribution >= 4 is 0 Å². The molecule has 1 N–H and O–H groups in total. The molecule has 94 valence electrons. The zero-order chi connectivity index (χ0) is 12.4. The lowest BCUT2D eigenvalue weighted by molar-refractivity contribution is -0.209. The molecule has 4 atom stereocenters. The van der Waals surface area contributed by atoms with Gasteiger partial charge in [0, 0.05) is 12.3 Å². The van der Waals surface area contributed by atoms with Crippen molar-refractivity contribution in [1.82, 2.24) is 0 Å². The normalized spacial score (nSPS) is 48.1. The van der Waals surface area contributed by atoms with E-state index in [1.807, 2.05) is 6.08 Å². The molecule has 2 heteroatoms. The quantitative estimate of drug-likeness (QED) is 0.652. The summed E-state index contributed by atoms with van der Waals surface area (Å²) in [6.45, 7) is 8.57. The van der Waals surface area contributed by atoms with Gasteiger partial charge in [0.2, 0.25) is 5.79 Å². The van der Waals surface area contributed by atoms with Crippen LogP contribution in [0.5, 0.6) is 0 Å². The van der Waals surface area contributed by atoms with Crippen molar-refractivity contribution in [2.75, 3.05) is 0 Å². The molecule has 2 nitrogen and oxygen atoms in total. The van der Waals surface area contributed by atoms with Gasteiger partial charge >= 0.3 is 0 Å². The van der Waals surface area contributed by atoms with Gasteiger partial charge in [-0.05, 0) is 51.2 Å². The van der Waals surface area contributed by atoms with Crippen LogP contribution in [0.4, 0.5) is 0 Å². The number of ether oxygens (including phenoxy) is 1. The number of aliphatic hydroxyl groups is 1. The Morgan fingerprint density at radius 3 is 2.76 bits per heavy atom. The molecule has 2 heterocycles. The van der Waals surface area contributed by atoms with Crippen LogP contribution in [0.3, 0.4) is 0 Å². The SMILES string of the molecule is CC1=C[C@@]2(O)O[C@@]3(CC2=C(C)C)[C@H](C)CC[C@H]13. The fourth-order valence-corrected chi connectivity index (χ4v) is 4.18. The molecule has 1 saturated heterocycles. The van der Waals surface area contributed by atoms with Crippen LogP contribution in [0.15, 0.2) is 22.8 Å². The number of rotatable bonds is 0. The van der Waals surface area contributed by atoms with E-state index in [2.05, 4.69) is 27.7 Å². The number of allylic oxidation sites excluding steroid dienone is 1. The summed E-state index contributed by atoms with van der Waals surface area (Å²) in [6, 6.07) is 0. The molecule has 17 heavy (non-hydrogen) atoms. The van der Waals surface area contributed by atoms with Crippen LogP contribution in [0.25, 0.3) is 0 Å². The highest BCUT2D eigenvalue weighted by molar-refractivity contribution is 5.40. The lowest BCUT2D eigenvalue weighted by atomic mass is 9.79. The number of hydrogen-bond donors (Lipinski definition) is 1. The van der Waals surface area contributed by atoms with Crippen LogP contribution >= 0.6 is 0 Å². The van der Waals surface area contributed by atoms with E-state index in [9.17, 15) is 5.11 Å². The van der Waals surface area contributed by atoms with Gasteiger partial charge in [-0.3, -0.25) is 0 Å². The summed E-state index contributed by atoms with van der Waals surface area (Å²) < 4.78 is 6.17. The van der Waals surface area contributed by atoms with Crippen LogP contribution < -0.4 is 0 Å². The van der Waals surface area contributed by atoms with E-state index in [0.717, 1.165) is 12.0 Å². The molecular formula is C15H22O2. The third-order valence-corrected chi connectivity index (χ3v) is 5.12. The molecule has 0 unspecified atom stereocenters.